The van der Waals surface area contributed by atoms with E-state index < -0.39 is 5.97 Å². The molecule has 0 fully saturated rings. The van der Waals surface area contributed by atoms with Crippen molar-refractivity contribution in [1.82, 2.24) is 0 Å². The zero-order chi connectivity index (χ0) is 22.2. The molecule has 2 heterocycles. The first kappa shape index (κ1) is 20.2. The number of aromatic hydroxyl groups is 1. The summed E-state index contributed by atoms with van der Waals surface area (Å²) in [6.07, 6.45) is 0. The van der Waals surface area contributed by atoms with E-state index in [-0.39, 0.29) is 11.5 Å². The molecule has 2 aromatic heterocycles. The third-order valence-corrected chi connectivity index (χ3v) is 7.46. The summed E-state index contributed by atoms with van der Waals surface area (Å²) in [7, 11) is 0. The standard InChI is InChI=1S/C26H16O4S2/c27-18-10-11-19-22(14-18)32-25(24(28)17-4-2-1-3-5-17)23(19)16-8-6-15(7-9-16)20-12-13-21(31-20)26(29)30/h1-14,27H,(H,29,30). The van der Waals surface area contributed by atoms with Gasteiger partial charge >= 0.3 is 5.97 Å². The minimum absolute atomic E-state index is 0.0604. The first-order valence-electron chi connectivity index (χ1n) is 9.80. The van der Waals surface area contributed by atoms with Crippen molar-refractivity contribution in [1.29, 1.82) is 0 Å². The Hall–Kier alpha value is -3.74. The van der Waals surface area contributed by atoms with Gasteiger partial charge in [0.1, 0.15) is 10.6 Å². The predicted octanol–water partition coefficient (Wildman–Crippen LogP) is 6.93. The van der Waals surface area contributed by atoms with Gasteiger partial charge in [0, 0.05) is 26.1 Å². The minimum Gasteiger partial charge on any atom is -0.508 e. The normalized spacial score (nSPS) is 11.0. The van der Waals surface area contributed by atoms with Gasteiger partial charge in [-0.1, -0.05) is 54.6 Å². The van der Waals surface area contributed by atoms with E-state index in [4.69, 9.17) is 0 Å². The molecule has 0 aliphatic rings. The Bertz CT molecular complexity index is 1460. The van der Waals surface area contributed by atoms with Crippen LogP contribution in [-0.2, 0) is 0 Å². The molecule has 0 spiro atoms. The van der Waals surface area contributed by atoms with E-state index in [1.807, 2.05) is 48.5 Å². The summed E-state index contributed by atoms with van der Waals surface area (Å²) in [6, 6.07) is 25.5. The zero-order valence-electron chi connectivity index (χ0n) is 16.6. The summed E-state index contributed by atoms with van der Waals surface area (Å²) < 4.78 is 0.840. The molecule has 0 saturated carbocycles. The highest BCUT2D eigenvalue weighted by atomic mass is 32.1. The molecule has 32 heavy (non-hydrogen) atoms. The van der Waals surface area contributed by atoms with Crippen LogP contribution in [0, 0.1) is 0 Å². The number of carboxylic acids is 1. The maximum Gasteiger partial charge on any atom is 0.345 e. The molecule has 0 bridgehead atoms. The molecule has 0 radical (unpaired) electrons. The second-order valence-electron chi connectivity index (χ2n) is 7.23. The predicted molar refractivity (Wildman–Crippen MR) is 129 cm³/mol. The van der Waals surface area contributed by atoms with E-state index in [9.17, 15) is 19.8 Å². The number of carboxylic acid groups (broad SMARTS) is 1. The number of ketones is 1. The quantitative estimate of drug-likeness (QED) is 0.281. The lowest BCUT2D eigenvalue weighted by Crippen LogP contribution is -2.00. The van der Waals surface area contributed by atoms with Gasteiger partial charge < -0.3 is 10.2 Å². The number of phenols is 1. The van der Waals surface area contributed by atoms with Crippen LogP contribution < -0.4 is 0 Å². The Morgan fingerprint density at radius 2 is 1.47 bits per heavy atom. The Balaban J connectivity index is 1.62. The summed E-state index contributed by atoms with van der Waals surface area (Å²) in [5.74, 6) is -0.837. The second-order valence-corrected chi connectivity index (χ2v) is 9.36. The van der Waals surface area contributed by atoms with Crippen LogP contribution in [0.15, 0.2) is 84.9 Å². The van der Waals surface area contributed by atoms with Gasteiger partial charge in [-0.25, -0.2) is 4.79 Å². The van der Waals surface area contributed by atoms with Gasteiger partial charge in [-0.2, -0.15) is 0 Å². The lowest BCUT2D eigenvalue weighted by Gasteiger charge is -2.07. The topological polar surface area (TPSA) is 74.6 Å². The highest BCUT2D eigenvalue weighted by Crippen LogP contribution is 2.42. The minimum atomic E-state index is -0.935. The van der Waals surface area contributed by atoms with Crippen LogP contribution in [0.25, 0.3) is 31.7 Å². The van der Waals surface area contributed by atoms with Crippen molar-refractivity contribution in [3.63, 3.8) is 0 Å². The van der Waals surface area contributed by atoms with Crippen LogP contribution in [0.4, 0.5) is 0 Å². The number of carbonyl (C=O) groups is 2. The van der Waals surface area contributed by atoms with Gasteiger partial charge in [-0.3, -0.25) is 4.79 Å². The monoisotopic (exact) mass is 456 g/mol. The van der Waals surface area contributed by atoms with Crippen molar-refractivity contribution >= 4 is 44.5 Å². The molecule has 2 N–H and O–H groups in total. The number of thiophene rings is 2. The van der Waals surface area contributed by atoms with Gasteiger partial charge in [0.05, 0.1) is 4.88 Å². The van der Waals surface area contributed by atoms with Crippen molar-refractivity contribution in [2.24, 2.45) is 0 Å². The number of aromatic carboxylic acids is 1. The van der Waals surface area contributed by atoms with E-state index in [1.54, 1.807) is 36.4 Å². The Morgan fingerprint density at radius 1 is 0.750 bits per heavy atom. The van der Waals surface area contributed by atoms with Crippen LogP contribution in [0.1, 0.15) is 24.9 Å². The highest BCUT2D eigenvalue weighted by molar-refractivity contribution is 7.21. The molecule has 0 aliphatic heterocycles. The number of benzene rings is 3. The number of phenolic OH excluding ortho intramolecular Hbond substituents is 1. The molecule has 5 rings (SSSR count). The SMILES string of the molecule is O=C(O)c1ccc(-c2ccc(-c3c(C(=O)c4ccccc4)sc4cc(O)ccc34)cc2)s1. The third kappa shape index (κ3) is 3.60. The van der Waals surface area contributed by atoms with Crippen LogP contribution in [0.5, 0.6) is 5.75 Å². The van der Waals surface area contributed by atoms with E-state index in [0.29, 0.717) is 15.3 Å². The Kier molecular flexibility index (Phi) is 5.09. The number of carbonyl (C=O) groups excluding carboxylic acids is 1. The molecule has 0 aliphatic carbocycles. The lowest BCUT2D eigenvalue weighted by molar-refractivity contribution is 0.0702. The molecule has 0 saturated heterocycles. The summed E-state index contributed by atoms with van der Waals surface area (Å²) in [4.78, 5) is 26.3. The maximum atomic E-state index is 13.3. The third-order valence-electron chi connectivity index (χ3n) is 5.19. The molecule has 0 atom stereocenters. The first-order valence-corrected chi connectivity index (χ1v) is 11.4. The molecule has 4 nitrogen and oxygen atoms in total. The maximum absolute atomic E-state index is 13.3. The molecule has 6 heteroatoms. The van der Waals surface area contributed by atoms with Crippen molar-refractivity contribution in [2.75, 3.05) is 0 Å². The molecular formula is C26H16O4S2. The summed E-state index contributed by atoms with van der Waals surface area (Å²) >= 11 is 2.60. The second kappa shape index (κ2) is 8.07. The fourth-order valence-electron chi connectivity index (χ4n) is 3.66. The molecular weight excluding hydrogens is 440 g/mol. The largest absolute Gasteiger partial charge is 0.508 e. The van der Waals surface area contributed by atoms with Crippen molar-refractivity contribution in [3.05, 3.63) is 100 Å². The average Bonchev–Trinajstić information content (AvgIpc) is 3.44. The average molecular weight is 457 g/mol. The molecule has 5 aromatic rings. The fourth-order valence-corrected chi connectivity index (χ4v) is 5.73. The van der Waals surface area contributed by atoms with Crippen LogP contribution in [0.2, 0.25) is 0 Å². The summed E-state index contributed by atoms with van der Waals surface area (Å²) in [6.45, 7) is 0. The van der Waals surface area contributed by atoms with Gasteiger partial charge in [0.2, 0.25) is 5.78 Å². The summed E-state index contributed by atoms with van der Waals surface area (Å²) in [5, 5.41) is 20.0. The molecule has 156 valence electrons. The summed E-state index contributed by atoms with van der Waals surface area (Å²) in [5.41, 5.74) is 3.25. The van der Waals surface area contributed by atoms with Crippen LogP contribution in [-0.4, -0.2) is 22.0 Å². The van der Waals surface area contributed by atoms with E-state index >= 15 is 0 Å². The number of hydrogen-bond donors (Lipinski definition) is 2. The molecule has 3 aromatic carbocycles. The van der Waals surface area contributed by atoms with E-state index in [1.165, 1.54) is 22.7 Å². The number of hydrogen-bond acceptors (Lipinski definition) is 5. The van der Waals surface area contributed by atoms with Crippen molar-refractivity contribution < 1.29 is 19.8 Å². The van der Waals surface area contributed by atoms with E-state index in [2.05, 4.69) is 0 Å². The van der Waals surface area contributed by atoms with Crippen LogP contribution in [0.3, 0.4) is 0 Å². The Labute approximate surface area is 191 Å². The number of fused-ring (bicyclic) bond motifs is 1. The van der Waals surface area contributed by atoms with Crippen molar-refractivity contribution in [2.45, 2.75) is 0 Å². The smallest absolute Gasteiger partial charge is 0.345 e. The van der Waals surface area contributed by atoms with Crippen molar-refractivity contribution in [3.8, 4) is 27.3 Å². The fraction of sp³-hybridized carbons (Fsp3) is 0. The first-order chi connectivity index (χ1) is 15.5. The molecule has 0 amide bonds. The van der Waals surface area contributed by atoms with Gasteiger partial charge in [-0.05, 0) is 41.5 Å². The van der Waals surface area contributed by atoms with Gasteiger partial charge in [0.15, 0.2) is 0 Å². The number of rotatable bonds is 5. The lowest BCUT2D eigenvalue weighted by atomic mass is 9.97. The highest BCUT2D eigenvalue weighted by Gasteiger charge is 2.21. The van der Waals surface area contributed by atoms with Crippen LogP contribution >= 0.6 is 22.7 Å². The van der Waals surface area contributed by atoms with Gasteiger partial charge in [0.25, 0.3) is 0 Å². The molecule has 0 unspecified atom stereocenters. The van der Waals surface area contributed by atoms with E-state index in [0.717, 1.165) is 31.7 Å². The van der Waals surface area contributed by atoms with Gasteiger partial charge in [-0.15, -0.1) is 22.7 Å². The zero-order valence-corrected chi connectivity index (χ0v) is 18.2. The Morgan fingerprint density at radius 3 is 2.16 bits per heavy atom.